The van der Waals surface area contributed by atoms with E-state index in [-0.39, 0.29) is 23.5 Å². The number of carboxylic acid groups (broad SMARTS) is 1. The van der Waals surface area contributed by atoms with Crippen molar-refractivity contribution in [1.82, 2.24) is 0 Å². The molecule has 7 nitrogen and oxygen atoms in total. The van der Waals surface area contributed by atoms with Gasteiger partial charge in [0.25, 0.3) is 10.0 Å². The highest BCUT2D eigenvalue weighted by Gasteiger charge is 2.33. The fraction of sp³-hybridized carbons (Fsp3) is 0.350. The number of piperidine rings is 1. The molecule has 1 saturated heterocycles. The first-order valence-electron chi connectivity index (χ1n) is 9.47. The van der Waals surface area contributed by atoms with Crippen LogP contribution in [0.15, 0.2) is 41.3 Å². The summed E-state index contributed by atoms with van der Waals surface area (Å²) in [6.07, 6.45) is -5.20. The molecule has 1 fully saturated rings. The molecule has 1 aliphatic heterocycles. The first kappa shape index (κ1) is 23.6. The summed E-state index contributed by atoms with van der Waals surface area (Å²) in [7, 11) is -3.41. The second-order valence-corrected chi connectivity index (χ2v) is 8.84. The Morgan fingerprint density at radius 3 is 2.53 bits per heavy atom. The van der Waals surface area contributed by atoms with Crippen LogP contribution in [0.5, 0.6) is 5.75 Å². The second kappa shape index (κ2) is 8.85. The Kier molecular flexibility index (Phi) is 6.54. The van der Waals surface area contributed by atoms with E-state index in [9.17, 15) is 35.9 Å². The van der Waals surface area contributed by atoms with Crippen LogP contribution in [0.3, 0.4) is 0 Å². The van der Waals surface area contributed by atoms with E-state index in [1.165, 1.54) is 12.0 Å². The predicted octanol–water partition coefficient (Wildman–Crippen LogP) is 4.15. The third-order valence-electron chi connectivity index (χ3n) is 4.97. The Morgan fingerprint density at radius 2 is 1.94 bits per heavy atom. The summed E-state index contributed by atoms with van der Waals surface area (Å²) in [5, 5.41) is 9.17. The number of anilines is 2. The Labute approximate surface area is 181 Å². The molecule has 1 atom stereocenters. The van der Waals surface area contributed by atoms with E-state index >= 15 is 0 Å². The fourth-order valence-corrected chi connectivity index (χ4v) is 4.69. The topological polar surface area (TPSA) is 95.9 Å². The van der Waals surface area contributed by atoms with Crippen molar-refractivity contribution in [1.29, 1.82) is 0 Å². The number of carbonyl (C=O) groups is 1. The highest BCUT2D eigenvalue weighted by atomic mass is 32.2. The van der Waals surface area contributed by atoms with Gasteiger partial charge in [-0.3, -0.25) is 4.72 Å². The highest BCUT2D eigenvalue weighted by Crippen LogP contribution is 2.38. The molecule has 1 aliphatic rings. The Hall–Kier alpha value is -3.02. The standard InChI is InChI=1S/C20H20F4N2O5S/c1-31-17-7-4-12(19(27)28)9-18(17)32(29,30)25-15-10-13(20(22,23)24)5-6-16(15)26-8-2-3-14(21)11-26/h4-7,9-10,14,25H,2-3,8,11H2,1H3,(H,27,28). The number of benzene rings is 2. The summed E-state index contributed by atoms with van der Waals surface area (Å²) in [6, 6.07) is 5.61. The fourth-order valence-electron chi connectivity index (χ4n) is 3.43. The van der Waals surface area contributed by atoms with E-state index in [1.807, 2.05) is 0 Å². The molecule has 2 N–H and O–H groups in total. The maximum absolute atomic E-state index is 13.9. The van der Waals surface area contributed by atoms with E-state index in [0.29, 0.717) is 25.5 Å². The normalized spacial score (nSPS) is 17.2. The third kappa shape index (κ3) is 5.06. The van der Waals surface area contributed by atoms with E-state index in [4.69, 9.17) is 4.74 Å². The number of aromatic carboxylic acids is 1. The lowest BCUT2D eigenvalue weighted by Gasteiger charge is -2.32. The zero-order valence-corrected chi connectivity index (χ0v) is 17.6. The van der Waals surface area contributed by atoms with Gasteiger partial charge < -0.3 is 14.7 Å². The molecule has 32 heavy (non-hydrogen) atoms. The molecule has 12 heteroatoms. The van der Waals surface area contributed by atoms with Gasteiger partial charge >= 0.3 is 12.1 Å². The minimum absolute atomic E-state index is 0.0808. The van der Waals surface area contributed by atoms with Gasteiger partial charge in [-0.15, -0.1) is 0 Å². The molecule has 0 amide bonds. The summed E-state index contributed by atoms with van der Waals surface area (Å²) in [5.74, 6) is -1.59. The average molecular weight is 476 g/mol. The third-order valence-corrected chi connectivity index (χ3v) is 6.36. The number of alkyl halides is 4. The van der Waals surface area contributed by atoms with Crippen molar-refractivity contribution in [2.75, 3.05) is 29.8 Å². The lowest BCUT2D eigenvalue weighted by Crippen LogP contribution is -2.37. The largest absolute Gasteiger partial charge is 0.495 e. The van der Waals surface area contributed by atoms with Crippen LogP contribution >= 0.6 is 0 Å². The number of nitrogens with one attached hydrogen (secondary N) is 1. The van der Waals surface area contributed by atoms with Crippen LogP contribution in [0.4, 0.5) is 28.9 Å². The van der Waals surface area contributed by atoms with Crippen molar-refractivity contribution < 1.29 is 40.6 Å². The van der Waals surface area contributed by atoms with Gasteiger partial charge in [0.2, 0.25) is 0 Å². The average Bonchev–Trinajstić information content (AvgIpc) is 2.72. The zero-order valence-electron chi connectivity index (χ0n) is 16.8. The number of hydrogen-bond acceptors (Lipinski definition) is 5. The molecule has 3 rings (SSSR count). The van der Waals surface area contributed by atoms with Crippen LogP contribution in [-0.2, 0) is 16.2 Å². The number of carboxylic acids is 1. The number of nitrogens with zero attached hydrogens (tertiary/aromatic N) is 1. The number of sulfonamides is 1. The molecule has 0 spiro atoms. The Balaban J connectivity index is 2.10. The molecule has 0 radical (unpaired) electrons. The van der Waals surface area contributed by atoms with Gasteiger partial charge in [-0.05, 0) is 49.2 Å². The molecule has 1 heterocycles. The highest BCUT2D eigenvalue weighted by molar-refractivity contribution is 7.92. The quantitative estimate of drug-likeness (QED) is 0.609. The van der Waals surface area contributed by atoms with Crippen molar-refractivity contribution in [2.24, 2.45) is 0 Å². The molecule has 0 saturated carbocycles. The number of ether oxygens (including phenoxy) is 1. The van der Waals surface area contributed by atoms with Crippen molar-refractivity contribution in [3.63, 3.8) is 0 Å². The molecular weight excluding hydrogens is 456 g/mol. The zero-order chi connectivity index (χ0) is 23.7. The molecule has 174 valence electrons. The summed E-state index contributed by atoms with van der Waals surface area (Å²) < 4.78 is 87.0. The van der Waals surface area contributed by atoms with Gasteiger partial charge in [-0.2, -0.15) is 13.2 Å². The first-order valence-corrected chi connectivity index (χ1v) is 10.9. The second-order valence-electron chi connectivity index (χ2n) is 7.19. The monoisotopic (exact) mass is 476 g/mol. The van der Waals surface area contributed by atoms with Crippen LogP contribution < -0.4 is 14.4 Å². The summed E-state index contributed by atoms with van der Waals surface area (Å²) >= 11 is 0. The summed E-state index contributed by atoms with van der Waals surface area (Å²) in [4.78, 5) is 12.2. The predicted molar refractivity (Wildman–Crippen MR) is 109 cm³/mol. The van der Waals surface area contributed by atoms with Crippen LogP contribution in [0.1, 0.15) is 28.8 Å². The van der Waals surface area contributed by atoms with E-state index in [0.717, 1.165) is 30.3 Å². The van der Waals surface area contributed by atoms with Gasteiger partial charge in [0.05, 0.1) is 29.6 Å². The molecule has 0 aromatic heterocycles. The van der Waals surface area contributed by atoms with E-state index < -0.39 is 44.5 Å². The van der Waals surface area contributed by atoms with Gasteiger partial charge in [0.1, 0.15) is 16.8 Å². The Morgan fingerprint density at radius 1 is 1.22 bits per heavy atom. The molecule has 0 bridgehead atoms. The minimum Gasteiger partial charge on any atom is -0.495 e. The van der Waals surface area contributed by atoms with Crippen molar-refractivity contribution in [3.05, 3.63) is 47.5 Å². The van der Waals surface area contributed by atoms with Gasteiger partial charge in [0.15, 0.2) is 0 Å². The van der Waals surface area contributed by atoms with Crippen molar-refractivity contribution in [2.45, 2.75) is 30.1 Å². The maximum atomic E-state index is 13.9. The number of methoxy groups -OCH3 is 1. The number of hydrogen-bond donors (Lipinski definition) is 2. The van der Waals surface area contributed by atoms with E-state index in [1.54, 1.807) is 0 Å². The molecule has 1 unspecified atom stereocenters. The summed E-state index contributed by atoms with van der Waals surface area (Å²) in [5.41, 5.74) is -1.78. The van der Waals surface area contributed by atoms with E-state index in [2.05, 4.69) is 4.72 Å². The maximum Gasteiger partial charge on any atom is 0.416 e. The van der Waals surface area contributed by atoms with Crippen LogP contribution in [0.2, 0.25) is 0 Å². The van der Waals surface area contributed by atoms with Gasteiger partial charge in [-0.1, -0.05) is 0 Å². The van der Waals surface area contributed by atoms with Crippen molar-refractivity contribution in [3.8, 4) is 5.75 Å². The molecule has 0 aliphatic carbocycles. The van der Waals surface area contributed by atoms with Crippen LogP contribution in [-0.4, -0.2) is 45.9 Å². The first-order chi connectivity index (χ1) is 14.9. The number of halogens is 4. The molecule has 2 aromatic rings. The SMILES string of the molecule is COc1ccc(C(=O)O)cc1S(=O)(=O)Nc1cc(C(F)(F)F)ccc1N1CCCC(F)C1. The Bertz CT molecular complexity index is 1120. The smallest absolute Gasteiger partial charge is 0.416 e. The number of rotatable bonds is 6. The molecular formula is C20H20F4N2O5S. The lowest BCUT2D eigenvalue weighted by molar-refractivity contribution is -0.137. The summed E-state index contributed by atoms with van der Waals surface area (Å²) in [6.45, 7) is 0.232. The van der Waals surface area contributed by atoms with Gasteiger partial charge in [-0.25, -0.2) is 17.6 Å². The molecule has 2 aromatic carbocycles. The minimum atomic E-state index is -4.75. The van der Waals surface area contributed by atoms with Crippen LogP contribution in [0, 0.1) is 0 Å². The van der Waals surface area contributed by atoms with Gasteiger partial charge in [0, 0.05) is 13.1 Å². The van der Waals surface area contributed by atoms with Crippen LogP contribution in [0.25, 0.3) is 0 Å². The van der Waals surface area contributed by atoms with Crippen molar-refractivity contribution >= 4 is 27.4 Å². The lowest BCUT2D eigenvalue weighted by atomic mass is 10.1.